The topological polar surface area (TPSA) is 37.2 Å². The van der Waals surface area contributed by atoms with Crippen LogP contribution in [-0.4, -0.2) is 21.2 Å². The van der Waals surface area contributed by atoms with Crippen LogP contribution in [0.15, 0.2) is 255 Å². The second kappa shape index (κ2) is 16.2. The third-order valence-corrected chi connectivity index (χ3v) is 14.2. The largest absolute Gasteiger partial charge is 0.311 e. The fraction of sp³-hybridized carbons (Fsp3) is 0. The average molecular weight is 892 g/mol. The van der Waals surface area contributed by atoms with Gasteiger partial charge in [-0.05, 0) is 125 Å². The summed E-state index contributed by atoms with van der Waals surface area (Å²) in [4.78, 5) is 15.2. The van der Waals surface area contributed by atoms with E-state index in [2.05, 4.69) is 257 Å². The van der Waals surface area contributed by atoms with Gasteiger partial charge in [-0.1, -0.05) is 158 Å². The summed E-state index contributed by atoms with van der Waals surface area (Å²) in [6, 6.07) is 91.8. The molecule has 326 valence electrons. The van der Waals surface area contributed by atoms with Crippen molar-refractivity contribution in [3.05, 3.63) is 255 Å². The van der Waals surface area contributed by atoms with Crippen LogP contribution < -0.4 is 26.2 Å². The predicted octanol–water partition coefficient (Wildman–Crippen LogP) is 14.3. The lowest BCUT2D eigenvalue weighted by atomic mass is 9.33. The van der Waals surface area contributed by atoms with Crippen LogP contribution in [0, 0.1) is 0 Å². The lowest BCUT2D eigenvalue weighted by Gasteiger charge is -2.44. The molecule has 2 aliphatic heterocycles. The Morgan fingerprint density at radius 2 is 0.771 bits per heavy atom. The van der Waals surface area contributed by atoms with E-state index in [-0.39, 0.29) is 6.71 Å². The minimum absolute atomic E-state index is 0.0588. The SMILES string of the molecule is c1ccc(-c2cc(-c3ccccc3)nc(-c3ccc(-n4c5ccccc5c5cc(-c6cc7c8c(c6)N(c6ccccc6)c6ccccc6B8c6ccccc6N7c6ccccc6)ccc54)cc3)n2)cc1. The van der Waals surface area contributed by atoms with Crippen LogP contribution in [0.3, 0.4) is 0 Å². The number of rotatable bonds is 7. The van der Waals surface area contributed by atoms with Gasteiger partial charge in [-0.15, -0.1) is 0 Å². The predicted molar refractivity (Wildman–Crippen MR) is 292 cm³/mol. The van der Waals surface area contributed by atoms with E-state index in [0.29, 0.717) is 5.82 Å². The molecular weight excluding hydrogens is 850 g/mol. The number of fused-ring (bicyclic) bond motifs is 7. The monoisotopic (exact) mass is 891 g/mol. The Morgan fingerprint density at radius 3 is 1.34 bits per heavy atom. The molecule has 14 rings (SSSR count). The van der Waals surface area contributed by atoms with E-state index in [1.165, 1.54) is 49.9 Å². The molecule has 0 saturated heterocycles. The number of hydrogen-bond donors (Lipinski definition) is 0. The molecule has 4 heterocycles. The third kappa shape index (κ3) is 6.41. The average Bonchev–Trinajstić information content (AvgIpc) is 3.77. The minimum Gasteiger partial charge on any atom is -0.311 e. The van der Waals surface area contributed by atoms with Gasteiger partial charge in [-0.3, -0.25) is 0 Å². The van der Waals surface area contributed by atoms with Gasteiger partial charge in [0.2, 0.25) is 0 Å². The Hall–Kier alpha value is -9.26. The highest BCUT2D eigenvalue weighted by atomic mass is 15.2. The molecule has 2 aliphatic rings. The van der Waals surface area contributed by atoms with Crippen LogP contribution >= 0.6 is 0 Å². The molecular formula is C64H42BN5. The summed E-state index contributed by atoms with van der Waals surface area (Å²) in [6.07, 6.45) is 0. The molecule has 0 saturated carbocycles. The van der Waals surface area contributed by atoms with Gasteiger partial charge in [0.15, 0.2) is 5.82 Å². The van der Waals surface area contributed by atoms with Crippen LogP contribution in [0.1, 0.15) is 0 Å². The van der Waals surface area contributed by atoms with Gasteiger partial charge in [0, 0.05) is 67.3 Å². The fourth-order valence-electron chi connectivity index (χ4n) is 11.1. The van der Waals surface area contributed by atoms with E-state index in [1.54, 1.807) is 0 Å². The van der Waals surface area contributed by atoms with Crippen molar-refractivity contribution in [1.29, 1.82) is 0 Å². The zero-order valence-corrected chi connectivity index (χ0v) is 38.1. The third-order valence-electron chi connectivity index (χ3n) is 14.2. The molecule has 0 fully saturated rings. The molecule has 0 bridgehead atoms. The highest BCUT2D eigenvalue weighted by molar-refractivity contribution is 7.00. The van der Waals surface area contributed by atoms with E-state index in [1.807, 2.05) is 12.1 Å². The van der Waals surface area contributed by atoms with Crippen LogP contribution in [0.4, 0.5) is 34.1 Å². The molecule has 10 aromatic carbocycles. The number of hydrogen-bond acceptors (Lipinski definition) is 4. The smallest absolute Gasteiger partial charge is 0.252 e. The van der Waals surface area contributed by atoms with Gasteiger partial charge in [0.05, 0.1) is 22.4 Å². The van der Waals surface area contributed by atoms with Crippen molar-refractivity contribution in [3.63, 3.8) is 0 Å². The summed E-state index contributed by atoms with van der Waals surface area (Å²) in [7, 11) is 0. The number of aromatic nitrogens is 3. The Bertz CT molecular complexity index is 3780. The van der Waals surface area contributed by atoms with Crippen LogP contribution in [0.5, 0.6) is 0 Å². The summed E-state index contributed by atoms with van der Waals surface area (Å²) < 4.78 is 2.39. The maximum atomic E-state index is 5.12. The van der Waals surface area contributed by atoms with Crippen LogP contribution in [0.2, 0.25) is 0 Å². The first-order valence-corrected chi connectivity index (χ1v) is 23.9. The number of anilines is 6. The van der Waals surface area contributed by atoms with Crippen LogP contribution in [-0.2, 0) is 0 Å². The van der Waals surface area contributed by atoms with Crippen molar-refractivity contribution in [2.24, 2.45) is 0 Å². The Balaban J connectivity index is 0.931. The van der Waals surface area contributed by atoms with Crippen molar-refractivity contribution >= 4 is 79.0 Å². The van der Waals surface area contributed by atoms with E-state index < -0.39 is 0 Å². The second-order valence-corrected chi connectivity index (χ2v) is 18.1. The van der Waals surface area contributed by atoms with E-state index in [4.69, 9.17) is 9.97 Å². The number of nitrogens with zero attached hydrogens (tertiary/aromatic N) is 5. The molecule has 0 N–H and O–H groups in total. The zero-order chi connectivity index (χ0) is 46.1. The van der Waals surface area contributed by atoms with Gasteiger partial charge in [-0.25, -0.2) is 9.97 Å². The summed E-state index contributed by atoms with van der Waals surface area (Å²) in [5.41, 5.74) is 21.5. The molecule has 0 radical (unpaired) electrons. The van der Waals surface area contributed by atoms with Gasteiger partial charge < -0.3 is 14.4 Å². The molecule has 6 heteroatoms. The summed E-state index contributed by atoms with van der Waals surface area (Å²) in [5, 5.41) is 2.40. The quantitative estimate of drug-likeness (QED) is 0.149. The summed E-state index contributed by atoms with van der Waals surface area (Å²) in [5.74, 6) is 0.692. The van der Waals surface area contributed by atoms with Crippen molar-refractivity contribution < 1.29 is 0 Å². The molecule has 0 spiro atoms. The highest BCUT2D eigenvalue weighted by Crippen LogP contribution is 2.46. The normalized spacial score (nSPS) is 12.5. The first-order chi connectivity index (χ1) is 34.7. The number of benzene rings is 10. The molecule has 70 heavy (non-hydrogen) atoms. The Morgan fingerprint density at radius 1 is 0.300 bits per heavy atom. The summed E-state index contributed by atoms with van der Waals surface area (Å²) in [6.45, 7) is 0.0588. The minimum atomic E-state index is 0.0588. The van der Waals surface area contributed by atoms with Gasteiger partial charge >= 0.3 is 0 Å². The molecule has 12 aromatic rings. The van der Waals surface area contributed by atoms with E-state index in [0.717, 1.165) is 67.3 Å². The fourth-order valence-corrected chi connectivity index (χ4v) is 11.1. The zero-order valence-electron chi connectivity index (χ0n) is 38.1. The Kier molecular flexibility index (Phi) is 9.24. The lowest BCUT2D eigenvalue weighted by molar-refractivity contribution is 1.16. The standard InChI is InChI=1S/C64H42BN5/c1-5-19-43(20-6-1)55-42-56(44-21-7-2-8-22-44)67-64(66-55)45-33-36-50(37-34-45)68-57-30-16-13-27-51(57)52-39-46(35-38-58(52)68)47-40-61-63-62(41-47)70(49-25-11-4-12-26-49)60-32-18-15-29-54(60)65(63)53-28-14-17-31-59(53)69(61)48-23-9-3-10-24-48/h1-42H. The maximum absolute atomic E-state index is 5.12. The van der Waals surface area contributed by atoms with Crippen LogP contribution in [0.25, 0.3) is 72.5 Å². The highest BCUT2D eigenvalue weighted by Gasteiger charge is 2.43. The second-order valence-electron chi connectivity index (χ2n) is 18.1. The molecule has 2 aromatic heterocycles. The van der Waals surface area contributed by atoms with E-state index >= 15 is 0 Å². The lowest BCUT2D eigenvalue weighted by Crippen LogP contribution is -2.61. The Labute approximate surface area is 406 Å². The van der Waals surface area contributed by atoms with E-state index in [9.17, 15) is 0 Å². The molecule has 0 unspecified atom stereocenters. The van der Waals surface area contributed by atoms with Crippen molar-refractivity contribution in [1.82, 2.24) is 14.5 Å². The van der Waals surface area contributed by atoms with Gasteiger partial charge in [-0.2, -0.15) is 0 Å². The van der Waals surface area contributed by atoms with Gasteiger partial charge in [0.1, 0.15) is 0 Å². The molecule has 0 amide bonds. The first-order valence-electron chi connectivity index (χ1n) is 23.9. The van der Waals surface area contributed by atoms with Crippen molar-refractivity contribution in [3.8, 4) is 50.7 Å². The molecule has 5 nitrogen and oxygen atoms in total. The van der Waals surface area contributed by atoms with Gasteiger partial charge in [0.25, 0.3) is 6.71 Å². The number of para-hydroxylation sites is 5. The molecule has 0 atom stereocenters. The summed E-state index contributed by atoms with van der Waals surface area (Å²) >= 11 is 0. The maximum Gasteiger partial charge on any atom is 0.252 e. The molecule has 0 aliphatic carbocycles. The van der Waals surface area contributed by atoms with Crippen molar-refractivity contribution in [2.45, 2.75) is 0 Å². The first kappa shape index (κ1) is 39.9. The van der Waals surface area contributed by atoms with Crippen molar-refractivity contribution in [2.75, 3.05) is 9.80 Å².